The molecule has 8 nitrogen and oxygen atoms in total. The standard InChI is InChI=1S/C29H39F2N3O5/c1-3-5-9-24(35)10-11-25(34-29(38)39)28(37)33-26(15-21-13-22(30)16-23(31)14-21)27(36)18-32-17-20-8-6-7-19(4-2)12-20/h6-8,12-14,16,25-27,32,34,36H,3-5,9-11,15,17-18H2,1-2H3,(H,33,37)(H,38,39)/t25-,26+,27+/m1/s1. The van der Waals surface area contributed by atoms with Crippen molar-refractivity contribution in [3.05, 3.63) is 70.8 Å². The number of aliphatic hydroxyl groups is 1. The Labute approximate surface area is 228 Å². The van der Waals surface area contributed by atoms with Gasteiger partial charge in [-0.2, -0.15) is 0 Å². The van der Waals surface area contributed by atoms with Crippen molar-refractivity contribution in [1.29, 1.82) is 0 Å². The molecule has 0 aliphatic carbocycles. The van der Waals surface area contributed by atoms with Crippen LogP contribution in [0.25, 0.3) is 0 Å². The van der Waals surface area contributed by atoms with Crippen LogP contribution in [0.15, 0.2) is 42.5 Å². The molecule has 0 saturated carbocycles. The van der Waals surface area contributed by atoms with Crippen LogP contribution < -0.4 is 16.0 Å². The van der Waals surface area contributed by atoms with Crippen LogP contribution in [0.5, 0.6) is 0 Å². The first-order valence-electron chi connectivity index (χ1n) is 13.3. The number of nitrogens with one attached hydrogen (secondary N) is 3. The Balaban J connectivity index is 2.13. The van der Waals surface area contributed by atoms with E-state index in [1.165, 1.54) is 5.56 Å². The van der Waals surface area contributed by atoms with Crippen molar-refractivity contribution in [3.8, 4) is 0 Å². The van der Waals surface area contributed by atoms with E-state index >= 15 is 0 Å². The largest absolute Gasteiger partial charge is 0.465 e. The number of halogens is 2. The highest BCUT2D eigenvalue weighted by Gasteiger charge is 2.28. The fourth-order valence-corrected chi connectivity index (χ4v) is 4.24. The zero-order valence-corrected chi connectivity index (χ0v) is 22.5. The van der Waals surface area contributed by atoms with E-state index in [1.54, 1.807) is 0 Å². The lowest BCUT2D eigenvalue weighted by Gasteiger charge is -2.27. The van der Waals surface area contributed by atoms with Crippen molar-refractivity contribution in [3.63, 3.8) is 0 Å². The Morgan fingerprint density at radius 3 is 2.26 bits per heavy atom. The third-order valence-electron chi connectivity index (χ3n) is 6.39. The fraction of sp³-hybridized carbons (Fsp3) is 0.483. The SMILES string of the molecule is CCCCC(=O)CC[C@@H](NC(=O)O)C(=O)N[C@@H](Cc1cc(F)cc(F)c1)[C@@H](O)CNCc1cccc(CC)c1. The van der Waals surface area contributed by atoms with E-state index in [9.17, 15) is 33.4 Å². The van der Waals surface area contributed by atoms with Gasteiger partial charge < -0.3 is 26.2 Å². The topological polar surface area (TPSA) is 128 Å². The highest BCUT2D eigenvalue weighted by Crippen LogP contribution is 2.13. The van der Waals surface area contributed by atoms with Crippen molar-refractivity contribution in [2.75, 3.05) is 6.54 Å². The van der Waals surface area contributed by atoms with E-state index < -0.39 is 41.8 Å². The summed E-state index contributed by atoms with van der Waals surface area (Å²) in [7, 11) is 0. The first kappa shape index (κ1) is 31.8. The number of Topliss-reactive ketones (excluding diaryl/α,β-unsaturated/α-hetero) is 1. The van der Waals surface area contributed by atoms with Crippen LogP contribution in [0.2, 0.25) is 0 Å². The number of aliphatic hydroxyl groups excluding tert-OH is 1. The van der Waals surface area contributed by atoms with Crippen molar-refractivity contribution in [1.82, 2.24) is 16.0 Å². The first-order valence-corrected chi connectivity index (χ1v) is 13.3. The zero-order chi connectivity index (χ0) is 28.8. The summed E-state index contributed by atoms with van der Waals surface area (Å²) in [4.78, 5) is 36.5. The number of amides is 2. The number of ketones is 1. The van der Waals surface area contributed by atoms with Crippen LogP contribution in [0, 0.1) is 11.6 Å². The van der Waals surface area contributed by atoms with Gasteiger partial charge in [-0.25, -0.2) is 13.6 Å². The lowest BCUT2D eigenvalue weighted by molar-refractivity contribution is -0.125. The average Bonchev–Trinajstić information content (AvgIpc) is 2.88. The van der Waals surface area contributed by atoms with Gasteiger partial charge in [0.05, 0.1) is 12.1 Å². The van der Waals surface area contributed by atoms with Gasteiger partial charge in [-0.15, -0.1) is 0 Å². The van der Waals surface area contributed by atoms with Crippen LogP contribution in [-0.4, -0.2) is 52.7 Å². The minimum absolute atomic E-state index is 0.0130. The molecule has 0 spiro atoms. The Morgan fingerprint density at radius 2 is 1.62 bits per heavy atom. The molecule has 5 N–H and O–H groups in total. The van der Waals surface area contributed by atoms with Crippen molar-refractivity contribution < 1.29 is 33.4 Å². The maximum absolute atomic E-state index is 13.8. The van der Waals surface area contributed by atoms with Gasteiger partial charge >= 0.3 is 6.09 Å². The van der Waals surface area contributed by atoms with Crippen LogP contribution in [0.1, 0.15) is 62.6 Å². The van der Waals surface area contributed by atoms with Crippen LogP contribution in [-0.2, 0) is 29.0 Å². The maximum Gasteiger partial charge on any atom is 0.405 e. The molecule has 0 saturated heterocycles. The highest BCUT2D eigenvalue weighted by molar-refractivity contribution is 5.86. The predicted octanol–water partition coefficient (Wildman–Crippen LogP) is 3.88. The Kier molecular flexibility index (Phi) is 13.5. The van der Waals surface area contributed by atoms with Gasteiger partial charge in [-0.3, -0.25) is 9.59 Å². The number of carbonyl (C=O) groups excluding carboxylic acids is 2. The lowest BCUT2D eigenvalue weighted by atomic mass is 9.99. The smallest absolute Gasteiger partial charge is 0.405 e. The second-order valence-corrected chi connectivity index (χ2v) is 9.65. The third-order valence-corrected chi connectivity index (χ3v) is 6.39. The van der Waals surface area contributed by atoms with Gasteiger partial charge in [-0.1, -0.05) is 44.5 Å². The fourth-order valence-electron chi connectivity index (χ4n) is 4.24. The van der Waals surface area contributed by atoms with Crippen molar-refractivity contribution in [2.24, 2.45) is 0 Å². The number of hydrogen-bond acceptors (Lipinski definition) is 5. The molecule has 0 aromatic heterocycles. The summed E-state index contributed by atoms with van der Waals surface area (Å²) >= 11 is 0. The number of hydrogen-bond donors (Lipinski definition) is 5. The van der Waals surface area contributed by atoms with Gasteiger partial charge in [-0.05, 0) is 54.5 Å². The summed E-state index contributed by atoms with van der Waals surface area (Å²) in [6, 6.07) is 8.64. The molecule has 0 bridgehead atoms. The molecule has 10 heteroatoms. The number of rotatable bonds is 17. The van der Waals surface area contributed by atoms with Crippen molar-refractivity contribution >= 4 is 17.8 Å². The number of carboxylic acid groups (broad SMARTS) is 1. The molecular weight excluding hydrogens is 508 g/mol. The second-order valence-electron chi connectivity index (χ2n) is 9.65. The zero-order valence-electron chi connectivity index (χ0n) is 22.5. The molecule has 0 fully saturated rings. The maximum atomic E-state index is 13.8. The van der Waals surface area contributed by atoms with Crippen LogP contribution in [0.4, 0.5) is 13.6 Å². The Hall–Kier alpha value is -3.37. The monoisotopic (exact) mass is 547 g/mol. The van der Waals surface area contributed by atoms with Gasteiger partial charge in [0.25, 0.3) is 0 Å². The average molecular weight is 548 g/mol. The molecule has 2 rings (SSSR count). The Morgan fingerprint density at radius 1 is 0.923 bits per heavy atom. The minimum Gasteiger partial charge on any atom is -0.465 e. The predicted molar refractivity (Wildman–Crippen MR) is 144 cm³/mol. The molecule has 0 heterocycles. The Bertz CT molecular complexity index is 1080. The number of benzene rings is 2. The molecular formula is C29H39F2N3O5. The third kappa shape index (κ3) is 11.9. The van der Waals surface area contributed by atoms with E-state index in [2.05, 4.69) is 16.0 Å². The molecule has 0 aliphatic rings. The molecule has 0 unspecified atom stereocenters. The highest BCUT2D eigenvalue weighted by atomic mass is 19.1. The molecule has 3 atom stereocenters. The van der Waals surface area contributed by atoms with Crippen molar-refractivity contribution in [2.45, 2.75) is 83.5 Å². The summed E-state index contributed by atoms with van der Waals surface area (Å²) in [6.07, 6.45) is 0.00881. The van der Waals surface area contributed by atoms with Gasteiger partial charge in [0.1, 0.15) is 23.5 Å². The summed E-state index contributed by atoms with van der Waals surface area (Å²) in [6.45, 7) is 4.49. The van der Waals surface area contributed by atoms with E-state index in [1.807, 2.05) is 38.1 Å². The number of carbonyl (C=O) groups is 3. The van der Waals surface area contributed by atoms with Crippen LogP contribution >= 0.6 is 0 Å². The normalized spacial score (nSPS) is 13.4. The number of unbranched alkanes of at least 4 members (excludes halogenated alkanes) is 1. The molecule has 2 amide bonds. The van der Waals surface area contributed by atoms with Gasteiger partial charge in [0.2, 0.25) is 5.91 Å². The quantitative estimate of drug-likeness (QED) is 0.205. The molecule has 0 radical (unpaired) electrons. The summed E-state index contributed by atoms with van der Waals surface area (Å²) in [5.41, 5.74) is 2.39. The minimum atomic E-state index is -1.43. The molecule has 2 aromatic carbocycles. The molecule has 2 aromatic rings. The first-order chi connectivity index (χ1) is 18.6. The lowest BCUT2D eigenvalue weighted by Crippen LogP contribution is -2.54. The molecule has 0 aliphatic heterocycles. The second kappa shape index (κ2) is 16.6. The summed E-state index contributed by atoms with van der Waals surface area (Å²) in [5.74, 6) is -2.41. The van der Waals surface area contributed by atoms with E-state index in [0.717, 1.165) is 36.6 Å². The summed E-state index contributed by atoms with van der Waals surface area (Å²) in [5, 5.41) is 28.1. The molecule has 39 heavy (non-hydrogen) atoms. The summed E-state index contributed by atoms with van der Waals surface area (Å²) < 4.78 is 27.6. The van der Waals surface area contributed by atoms with E-state index in [-0.39, 0.29) is 37.2 Å². The van der Waals surface area contributed by atoms with Crippen LogP contribution in [0.3, 0.4) is 0 Å². The van der Waals surface area contributed by atoms with E-state index in [0.29, 0.717) is 19.4 Å². The molecule has 214 valence electrons. The van der Waals surface area contributed by atoms with Gasteiger partial charge in [0, 0.05) is 32.0 Å². The number of aryl methyl sites for hydroxylation is 1. The van der Waals surface area contributed by atoms with Gasteiger partial charge in [0.15, 0.2) is 0 Å². The van der Waals surface area contributed by atoms with E-state index in [4.69, 9.17) is 0 Å².